The lowest BCUT2D eigenvalue weighted by Crippen LogP contribution is -2.43. The van der Waals surface area contributed by atoms with Gasteiger partial charge in [0, 0.05) is 24.9 Å². The SMILES string of the molecule is CCSC1CCC(NC(=NC)NCC2CC2c2ccccc2)C1. The Labute approximate surface area is 144 Å². The molecule has 4 heteroatoms. The van der Waals surface area contributed by atoms with Crippen LogP contribution >= 0.6 is 11.8 Å². The number of thioether (sulfide) groups is 1. The van der Waals surface area contributed by atoms with Gasteiger partial charge < -0.3 is 10.6 Å². The lowest BCUT2D eigenvalue weighted by atomic mass is 10.1. The minimum atomic E-state index is 0.592. The molecule has 23 heavy (non-hydrogen) atoms. The van der Waals surface area contributed by atoms with Crippen LogP contribution in [0.3, 0.4) is 0 Å². The molecule has 1 aromatic rings. The van der Waals surface area contributed by atoms with E-state index in [2.05, 4.69) is 64.6 Å². The second kappa shape index (κ2) is 8.09. The van der Waals surface area contributed by atoms with Crippen LogP contribution in [-0.4, -0.2) is 36.6 Å². The van der Waals surface area contributed by atoms with Crippen LogP contribution in [0.4, 0.5) is 0 Å². The Balaban J connectivity index is 1.40. The summed E-state index contributed by atoms with van der Waals surface area (Å²) in [4.78, 5) is 4.41. The quantitative estimate of drug-likeness (QED) is 0.617. The summed E-state index contributed by atoms with van der Waals surface area (Å²) in [5.41, 5.74) is 1.48. The van der Waals surface area contributed by atoms with Crippen molar-refractivity contribution in [3.63, 3.8) is 0 Å². The Morgan fingerprint density at radius 1 is 1.22 bits per heavy atom. The molecule has 0 aromatic heterocycles. The molecule has 126 valence electrons. The van der Waals surface area contributed by atoms with Gasteiger partial charge in [0.15, 0.2) is 5.96 Å². The average molecular weight is 332 g/mol. The van der Waals surface area contributed by atoms with E-state index in [1.807, 2.05) is 7.05 Å². The number of rotatable bonds is 6. The molecule has 0 radical (unpaired) electrons. The van der Waals surface area contributed by atoms with Crippen molar-refractivity contribution >= 4 is 17.7 Å². The van der Waals surface area contributed by atoms with Crippen molar-refractivity contribution in [2.45, 2.75) is 49.8 Å². The molecule has 0 saturated heterocycles. The fourth-order valence-corrected chi connectivity index (χ4v) is 4.80. The van der Waals surface area contributed by atoms with E-state index in [0.29, 0.717) is 6.04 Å². The molecule has 4 unspecified atom stereocenters. The van der Waals surface area contributed by atoms with Crippen molar-refractivity contribution in [1.82, 2.24) is 10.6 Å². The molecule has 3 nitrogen and oxygen atoms in total. The van der Waals surface area contributed by atoms with Crippen LogP contribution in [0.2, 0.25) is 0 Å². The maximum Gasteiger partial charge on any atom is 0.191 e. The smallest absolute Gasteiger partial charge is 0.191 e. The Hall–Kier alpha value is -1.16. The van der Waals surface area contributed by atoms with Crippen LogP contribution in [0.5, 0.6) is 0 Å². The average Bonchev–Trinajstić information content (AvgIpc) is 3.24. The maximum absolute atomic E-state index is 4.41. The standard InChI is InChI=1S/C19H29N3S/c1-3-23-17-10-9-16(12-17)22-19(20-2)21-13-15-11-18(15)14-7-5-4-6-8-14/h4-8,15-18H,3,9-13H2,1-2H3,(H2,20,21,22). The third-order valence-corrected chi connectivity index (χ3v) is 6.27. The van der Waals surface area contributed by atoms with E-state index in [0.717, 1.165) is 29.6 Å². The number of benzene rings is 1. The van der Waals surface area contributed by atoms with Crippen molar-refractivity contribution in [3.05, 3.63) is 35.9 Å². The predicted molar refractivity (Wildman–Crippen MR) is 101 cm³/mol. The summed E-state index contributed by atoms with van der Waals surface area (Å²) in [5.74, 6) is 3.70. The van der Waals surface area contributed by atoms with Crippen LogP contribution in [0.25, 0.3) is 0 Å². The molecule has 2 saturated carbocycles. The zero-order valence-electron chi connectivity index (χ0n) is 14.3. The molecule has 0 amide bonds. The highest BCUT2D eigenvalue weighted by atomic mass is 32.2. The lowest BCUT2D eigenvalue weighted by Gasteiger charge is -2.17. The third-order valence-electron chi connectivity index (χ3n) is 5.03. The van der Waals surface area contributed by atoms with Gasteiger partial charge in [0.2, 0.25) is 0 Å². The van der Waals surface area contributed by atoms with Gasteiger partial charge in [-0.3, -0.25) is 4.99 Å². The minimum Gasteiger partial charge on any atom is -0.356 e. The van der Waals surface area contributed by atoms with E-state index < -0.39 is 0 Å². The summed E-state index contributed by atoms with van der Waals surface area (Å²) in [5, 5.41) is 7.99. The number of hydrogen-bond donors (Lipinski definition) is 2. The van der Waals surface area contributed by atoms with Gasteiger partial charge >= 0.3 is 0 Å². The van der Waals surface area contributed by atoms with Crippen molar-refractivity contribution < 1.29 is 0 Å². The van der Waals surface area contributed by atoms with E-state index in [1.54, 1.807) is 0 Å². The monoisotopic (exact) mass is 331 g/mol. The van der Waals surface area contributed by atoms with Gasteiger partial charge in [-0.15, -0.1) is 0 Å². The number of hydrogen-bond acceptors (Lipinski definition) is 2. The highest BCUT2D eigenvalue weighted by Gasteiger charge is 2.38. The van der Waals surface area contributed by atoms with Crippen molar-refractivity contribution in [2.75, 3.05) is 19.3 Å². The van der Waals surface area contributed by atoms with E-state index in [-0.39, 0.29) is 0 Å². The second-order valence-corrected chi connectivity index (χ2v) is 8.28. The van der Waals surface area contributed by atoms with Crippen LogP contribution in [0, 0.1) is 5.92 Å². The Kier molecular flexibility index (Phi) is 5.87. The van der Waals surface area contributed by atoms with Gasteiger partial charge in [-0.1, -0.05) is 37.3 Å². The molecule has 2 fully saturated rings. The molecule has 3 rings (SSSR count). The number of aliphatic imine (C=N–C) groups is 1. The Morgan fingerprint density at radius 3 is 2.78 bits per heavy atom. The first-order valence-electron chi connectivity index (χ1n) is 8.93. The lowest BCUT2D eigenvalue weighted by molar-refractivity contribution is 0.608. The summed E-state index contributed by atoms with van der Waals surface area (Å²) in [6.45, 7) is 3.28. The molecule has 2 aliphatic rings. The van der Waals surface area contributed by atoms with Crippen LogP contribution < -0.4 is 10.6 Å². The molecule has 0 aliphatic heterocycles. The van der Waals surface area contributed by atoms with Crippen LogP contribution in [0.1, 0.15) is 44.1 Å². The van der Waals surface area contributed by atoms with Gasteiger partial charge in [0.1, 0.15) is 0 Å². The molecular formula is C19H29N3S. The summed E-state index contributed by atoms with van der Waals surface area (Å²) >= 11 is 2.10. The minimum absolute atomic E-state index is 0.592. The molecule has 4 atom stereocenters. The molecule has 0 spiro atoms. The van der Waals surface area contributed by atoms with Crippen molar-refractivity contribution in [1.29, 1.82) is 0 Å². The number of nitrogens with zero attached hydrogens (tertiary/aromatic N) is 1. The highest BCUT2D eigenvalue weighted by Crippen LogP contribution is 2.46. The summed E-state index contributed by atoms with van der Waals surface area (Å²) < 4.78 is 0. The van der Waals surface area contributed by atoms with Gasteiger partial charge in [0.05, 0.1) is 0 Å². The highest BCUT2D eigenvalue weighted by molar-refractivity contribution is 7.99. The molecule has 0 heterocycles. The van der Waals surface area contributed by atoms with Crippen LogP contribution in [0.15, 0.2) is 35.3 Å². The topological polar surface area (TPSA) is 36.4 Å². The van der Waals surface area contributed by atoms with E-state index >= 15 is 0 Å². The zero-order chi connectivity index (χ0) is 16.1. The predicted octanol–water partition coefficient (Wildman–Crippen LogP) is 3.63. The fourth-order valence-electron chi connectivity index (χ4n) is 3.66. The molecular weight excluding hydrogens is 302 g/mol. The molecule has 2 aliphatic carbocycles. The van der Waals surface area contributed by atoms with Gasteiger partial charge in [-0.25, -0.2) is 0 Å². The first-order chi connectivity index (χ1) is 11.3. The first-order valence-corrected chi connectivity index (χ1v) is 9.98. The first kappa shape index (κ1) is 16.7. The fraction of sp³-hybridized carbons (Fsp3) is 0.632. The van der Waals surface area contributed by atoms with Gasteiger partial charge in [-0.2, -0.15) is 11.8 Å². The maximum atomic E-state index is 4.41. The van der Waals surface area contributed by atoms with E-state index in [1.165, 1.54) is 37.0 Å². The second-order valence-electron chi connectivity index (χ2n) is 6.70. The van der Waals surface area contributed by atoms with Crippen LogP contribution in [-0.2, 0) is 0 Å². The van der Waals surface area contributed by atoms with E-state index in [9.17, 15) is 0 Å². The molecule has 0 bridgehead atoms. The Bertz CT molecular complexity index is 517. The third kappa shape index (κ3) is 4.66. The largest absolute Gasteiger partial charge is 0.356 e. The summed E-state index contributed by atoms with van der Waals surface area (Å²) in [6, 6.07) is 11.5. The molecule has 1 aromatic carbocycles. The summed E-state index contributed by atoms with van der Waals surface area (Å²) in [7, 11) is 1.88. The zero-order valence-corrected chi connectivity index (χ0v) is 15.1. The number of guanidine groups is 1. The number of nitrogens with one attached hydrogen (secondary N) is 2. The van der Waals surface area contributed by atoms with Crippen molar-refractivity contribution in [3.8, 4) is 0 Å². The van der Waals surface area contributed by atoms with E-state index in [4.69, 9.17) is 0 Å². The van der Waals surface area contributed by atoms with Gasteiger partial charge in [-0.05, 0) is 48.8 Å². The molecule has 2 N–H and O–H groups in total. The van der Waals surface area contributed by atoms with Gasteiger partial charge in [0.25, 0.3) is 0 Å². The normalized spacial score (nSPS) is 30.3. The summed E-state index contributed by atoms with van der Waals surface area (Å²) in [6.07, 6.45) is 5.18. The Morgan fingerprint density at radius 2 is 2.04 bits per heavy atom. The van der Waals surface area contributed by atoms with Crippen molar-refractivity contribution in [2.24, 2.45) is 10.9 Å².